The van der Waals surface area contributed by atoms with Crippen LogP contribution in [0.25, 0.3) is 22.3 Å². The number of hydrogen-bond acceptors (Lipinski definition) is 4. The smallest absolute Gasteiger partial charge is 0.259 e. The number of para-hydroxylation sites is 1. The van der Waals surface area contributed by atoms with E-state index < -0.39 is 0 Å². The summed E-state index contributed by atoms with van der Waals surface area (Å²) >= 11 is 0. The lowest BCUT2D eigenvalue weighted by Gasteiger charge is -2.07. The Bertz CT molecular complexity index is 840. The van der Waals surface area contributed by atoms with Crippen molar-refractivity contribution in [2.45, 2.75) is 0 Å². The lowest BCUT2D eigenvalue weighted by molar-refractivity contribution is 0.408. The van der Waals surface area contributed by atoms with Gasteiger partial charge in [0.2, 0.25) is 0 Å². The van der Waals surface area contributed by atoms with Crippen LogP contribution in [0.4, 0.5) is 0 Å². The molecule has 0 saturated carbocycles. The summed E-state index contributed by atoms with van der Waals surface area (Å²) in [5, 5.41) is 10.5. The molecular weight excluding hydrogens is 256 g/mol. The van der Waals surface area contributed by atoms with Crippen molar-refractivity contribution in [3.8, 4) is 22.9 Å². The molecule has 3 rings (SSSR count). The van der Waals surface area contributed by atoms with Gasteiger partial charge >= 0.3 is 0 Å². The fourth-order valence-corrected chi connectivity index (χ4v) is 2.05. The molecule has 0 saturated heterocycles. The van der Waals surface area contributed by atoms with Crippen molar-refractivity contribution < 1.29 is 9.84 Å². The van der Waals surface area contributed by atoms with Crippen LogP contribution in [0.5, 0.6) is 11.5 Å². The molecule has 0 fully saturated rings. The number of nitrogens with one attached hydrogen (secondary N) is 1. The highest BCUT2D eigenvalue weighted by Crippen LogP contribution is 2.30. The van der Waals surface area contributed by atoms with Crippen molar-refractivity contribution in [2.24, 2.45) is 0 Å². The predicted molar refractivity (Wildman–Crippen MR) is 76.0 cm³/mol. The van der Waals surface area contributed by atoms with Crippen molar-refractivity contribution in [3.05, 3.63) is 52.8 Å². The number of H-pyrrole nitrogens is 1. The van der Waals surface area contributed by atoms with Crippen molar-refractivity contribution in [1.29, 1.82) is 0 Å². The van der Waals surface area contributed by atoms with Crippen LogP contribution >= 0.6 is 0 Å². The summed E-state index contributed by atoms with van der Waals surface area (Å²) in [6.45, 7) is 0. The van der Waals surface area contributed by atoms with E-state index in [1.54, 1.807) is 30.3 Å². The monoisotopic (exact) mass is 268 g/mol. The van der Waals surface area contributed by atoms with E-state index in [0.717, 1.165) is 0 Å². The zero-order valence-electron chi connectivity index (χ0n) is 10.8. The van der Waals surface area contributed by atoms with E-state index in [1.165, 1.54) is 13.2 Å². The van der Waals surface area contributed by atoms with Crippen LogP contribution in [-0.2, 0) is 0 Å². The molecule has 0 atom stereocenters. The molecule has 2 aromatic carbocycles. The van der Waals surface area contributed by atoms with Gasteiger partial charge in [0.15, 0.2) is 0 Å². The Balaban J connectivity index is 2.22. The van der Waals surface area contributed by atoms with Crippen LogP contribution in [-0.4, -0.2) is 22.2 Å². The number of phenolic OH excluding ortho intramolecular Hbond substituents is 1. The molecule has 1 aromatic heterocycles. The van der Waals surface area contributed by atoms with E-state index in [-0.39, 0.29) is 11.3 Å². The fourth-order valence-electron chi connectivity index (χ4n) is 2.05. The maximum absolute atomic E-state index is 12.0. The molecule has 0 aliphatic rings. The van der Waals surface area contributed by atoms with Crippen molar-refractivity contribution in [3.63, 3.8) is 0 Å². The Hall–Kier alpha value is -2.82. The Morgan fingerprint density at radius 2 is 2.00 bits per heavy atom. The first kappa shape index (κ1) is 12.2. The van der Waals surface area contributed by atoms with Crippen LogP contribution in [0.1, 0.15) is 0 Å². The second-order valence-corrected chi connectivity index (χ2v) is 4.31. The van der Waals surface area contributed by atoms with Gasteiger partial charge in [0.25, 0.3) is 5.56 Å². The van der Waals surface area contributed by atoms with Gasteiger partial charge in [-0.25, -0.2) is 4.98 Å². The first-order valence-corrected chi connectivity index (χ1v) is 6.05. The molecule has 1 heterocycles. The molecule has 0 bridgehead atoms. The number of nitrogens with zero attached hydrogens (tertiary/aromatic N) is 1. The van der Waals surface area contributed by atoms with Crippen molar-refractivity contribution >= 4 is 10.9 Å². The molecule has 0 radical (unpaired) electrons. The molecule has 5 heteroatoms. The van der Waals surface area contributed by atoms with Crippen LogP contribution in [0.15, 0.2) is 47.3 Å². The number of aromatic hydroxyl groups is 1. The minimum atomic E-state index is -0.235. The quantitative estimate of drug-likeness (QED) is 0.747. The largest absolute Gasteiger partial charge is 0.507 e. The van der Waals surface area contributed by atoms with Crippen LogP contribution in [0, 0.1) is 0 Å². The Morgan fingerprint density at radius 3 is 2.75 bits per heavy atom. The highest BCUT2D eigenvalue weighted by Gasteiger charge is 2.10. The third-order valence-electron chi connectivity index (χ3n) is 3.07. The number of aromatic amines is 1. The average Bonchev–Trinajstić information content (AvgIpc) is 2.47. The first-order chi connectivity index (χ1) is 9.69. The highest BCUT2D eigenvalue weighted by molar-refractivity contribution is 5.80. The number of hydrogen-bond donors (Lipinski definition) is 2. The summed E-state index contributed by atoms with van der Waals surface area (Å²) in [5.41, 5.74) is 0.802. The zero-order chi connectivity index (χ0) is 14.1. The maximum Gasteiger partial charge on any atom is 0.259 e. The highest BCUT2D eigenvalue weighted by atomic mass is 16.5. The maximum atomic E-state index is 12.0. The van der Waals surface area contributed by atoms with Crippen LogP contribution < -0.4 is 10.3 Å². The van der Waals surface area contributed by atoms with Gasteiger partial charge in [-0.2, -0.15) is 0 Å². The van der Waals surface area contributed by atoms with E-state index in [9.17, 15) is 9.90 Å². The summed E-state index contributed by atoms with van der Waals surface area (Å²) in [6, 6.07) is 11.9. The first-order valence-electron chi connectivity index (χ1n) is 6.05. The third-order valence-corrected chi connectivity index (χ3v) is 3.07. The van der Waals surface area contributed by atoms with Gasteiger partial charge in [0.1, 0.15) is 17.3 Å². The number of benzene rings is 2. The number of methoxy groups -OCH3 is 1. The number of rotatable bonds is 2. The summed E-state index contributed by atoms with van der Waals surface area (Å²) in [4.78, 5) is 19.0. The second kappa shape index (κ2) is 4.70. The molecule has 0 aliphatic carbocycles. The molecule has 3 aromatic rings. The Kier molecular flexibility index (Phi) is 2.87. The Labute approximate surface area is 114 Å². The van der Waals surface area contributed by atoms with Gasteiger partial charge in [-0.3, -0.25) is 4.79 Å². The topological polar surface area (TPSA) is 75.2 Å². The van der Waals surface area contributed by atoms with Crippen molar-refractivity contribution in [1.82, 2.24) is 9.97 Å². The van der Waals surface area contributed by atoms with E-state index in [2.05, 4.69) is 9.97 Å². The normalized spacial score (nSPS) is 10.7. The summed E-state index contributed by atoms with van der Waals surface area (Å²) in [7, 11) is 1.52. The van der Waals surface area contributed by atoms with Crippen LogP contribution in [0.3, 0.4) is 0 Å². The molecule has 0 unspecified atom stereocenters. The van der Waals surface area contributed by atoms with Gasteiger partial charge in [0, 0.05) is 6.07 Å². The molecule has 100 valence electrons. The molecule has 0 aliphatic heterocycles. The average molecular weight is 268 g/mol. The SMILES string of the molecule is COc1ccc(-c2nc3ccccc3c(=O)[nH]2)c(O)c1. The standard InChI is InChI=1S/C15H12N2O3/c1-20-9-6-7-11(13(18)8-9)14-16-12-5-3-2-4-10(12)15(19)17-14/h2-8,18H,1H3,(H,16,17,19). The van der Waals surface area contributed by atoms with E-state index >= 15 is 0 Å². The van der Waals surface area contributed by atoms with Gasteiger partial charge < -0.3 is 14.8 Å². The summed E-state index contributed by atoms with van der Waals surface area (Å²) < 4.78 is 5.03. The van der Waals surface area contributed by atoms with E-state index in [0.29, 0.717) is 28.0 Å². The number of phenols is 1. The molecule has 0 amide bonds. The second-order valence-electron chi connectivity index (χ2n) is 4.31. The van der Waals surface area contributed by atoms with E-state index in [4.69, 9.17) is 4.74 Å². The predicted octanol–water partition coefficient (Wildman–Crippen LogP) is 2.30. The number of aromatic nitrogens is 2. The minimum Gasteiger partial charge on any atom is -0.507 e. The number of fused-ring (bicyclic) bond motifs is 1. The summed E-state index contributed by atoms with van der Waals surface area (Å²) in [6.07, 6.45) is 0. The van der Waals surface area contributed by atoms with E-state index in [1.807, 2.05) is 6.07 Å². The third kappa shape index (κ3) is 1.99. The number of ether oxygens (including phenoxy) is 1. The zero-order valence-corrected chi connectivity index (χ0v) is 10.8. The van der Waals surface area contributed by atoms with Gasteiger partial charge in [-0.15, -0.1) is 0 Å². The van der Waals surface area contributed by atoms with Crippen molar-refractivity contribution in [2.75, 3.05) is 7.11 Å². The molecule has 20 heavy (non-hydrogen) atoms. The molecule has 2 N–H and O–H groups in total. The Morgan fingerprint density at radius 1 is 1.20 bits per heavy atom. The fraction of sp³-hybridized carbons (Fsp3) is 0.0667. The summed E-state index contributed by atoms with van der Waals surface area (Å²) in [5.74, 6) is 0.867. The van der Waals surface area contributed by atoms with Gasteiger partial charge in [0.05, 0.1) is 23.6 Å². The lowest BCUT2D eigenvalue weighted by atomic mass is 10.1. The molecule has 0 spiro atoms. The van der Waals surface area contributed by atoms with Gasteiger partial charge in [-0.05, 0) is 24.3 Å². The molecular formula is C15H12N2O3. The minimum absolute atomic E-state index is 0.00258. The molecule has 5 nitrogen and oxygen atoms in total. The van der Waals surface area contributed by atoms with Gasteiger partial charge in [-0.1, -0.05) is 12.1 Å². The van der Waals surface area contributed by atoms with Crippen LogP contribution in [0.2, 0.25) is 0 Å². The lowest BCUT2D eigenvalue weighted by Crippen LogP contribution is -2.09.